The zero-order valence-corrected chi connectivity index (χ0v) is 12.1. The third kappa shape index (κ3) is 3.08. The fraction of sp³-hybridized carbons (Fsp3) is 0.214. The van der Waals surface area contributed by atoms with Crippen LogP contribution in [-0.4, -0.2) is 21.1 Å². The summed E-state index contributed by atoms with van der Waals surface area (Å²) in [5.41, 5.74) is 13.3. The quantitative estimate of drug-likeness (QED) is 0.729. The predicted octanol–water partition coefficient (Wildman–Crippen LogP) is 1.69. The predicted molar refractivity (Wildman–Crippen MR) is 83.9 cm³/mol. The minimum atomic E-state index is -0.265. The molecule has 2 aromatic rings. The van der Waals surface area contributed by atoms with Crippen molar-refractivity contribution < 1.29 is 4.79 Å². The molecule has 0 fully saturated rings. The van der Waals surface area contributed by atoms with Crippen molar-refractivity contribution in [2.24, 2.45) is 0 Å². The molecule has 3 rings (SSSR count). The third-order valence-corrected chi connectivity index (χ3v) is 4.36. The Kier molecular flexibility index (Phi) is 3.66. The largest absolute Gasteiger partial charge is 0.383 e. The molecule has 6 nitrogen and oxygen atoms in total. The van der Waals surface area contributed by atoms with Crippen LogP contribution >= 0.6 is 11.8 Å². The van der Waals surface area contributed by atoms with Gasteiger partial charge in [-0.2, -0.15) is 0 Å². The molecule has 0 saturated carbocycles. The number of hydrogen-bond donors (Lipinski definition) is 3. The molecule has 0 radical (unpaired) electrons. The summed E-state index contributed by atoms with van der Waals surface area (Å²) in [6, 6.07) is 9.31. The van der Waals surface area contributed by atoms with Gasteiger partial charge in [0.2, 0.25) is 5.91 Å². The lowest BCUT2D eigenvalue weighted by Crippen LogP contribution is -2.24. The van der Waals surface area contributed by atoms with E-state index in [1.54, 1.807) is 0 Å². The molecule has 2 heterocycles. The van der Waals surface area contributed by atoms with Gasteiger partial charge in [0.15, 0.2) is 5.16 Å². The number of rotatable bonds is 2. The van der Waals surface area contributed by atoms with Crippen molar-refractivity contribution in [2.75, 3.05) is 16.8 Å². The van der Waals surface area contributed by atoms with Crippen molar-refractivity contribution in [1.82, 2.24) is 9.97 Å². The number of anilines is 3. The SMILES string of the molecule is Nc1cc(N)nc(S[C@H]2CCc3ccccc3NC2=O)n1. The van der Waals surface area contributed by atoms with E-state index >= 15 is 0 Å². The lowest BCUT2D eigenvalue weighted by molar-refractivity contribution is -0.115. The van der Waals surface area contributed by atoms with E-state index in [4.69, 9.17) is 11.5 Å². The number of nitrogens with two attached hydrogens (primary N) is 2. The Hall–Kier alpha value is -2.28. The first kappa shape index (κ1) is 13.7. The molecule has 5 N–H and O–H groups in total. The molecule has 0 unspecified atom stereocenters. The van der Waals surface area contributed by atoms with Gasteiger partial charge in [0.1, 0.15) is 11.6 Å². The van der Waals surface area contributed by atoms with Gasteiger partial charge in [-0.15, -0.1) is 0 Å². The fourth-order valence-corrected chi connectivity index (χ4v) is 3.22. The van der Waals surface area contributed by atoms with Crippen LogP contribution in [0.25, 0.3) is 0 Å². The molecular formula is C14H15N5OS. The number of nitrogens with zero attached hydrogens (tertiary/aromatic N) is 2. The number of benzene rings is 1. The first-order valence-corrected chi connectivity index (χ1v) is 7.45. The third-order valence-electron chi connectivity index (χ3n) is 3.24. The number of nitrogens with one attached hydrogen (secondary N) is 1. The van der Waals surface area contributed by atoms with Gasteiger partial charge in [-0.25, -0.2) is 9.97 Å². The van der Waals surface area contributed by atoms with E-state index in [1.165, 1.54) is 17.8 Å². The minimum absolute atomic E-state index is 0.0467. The summed E-state index contributed by atoms with van der Waals surface area (Å²) in [4.78, 5) is 20.5. The van der Waals surface area contributed by atoms with E-state index in [1.807, 2.05) is 24.3 Å². The van der Waals surface area contributed by atoms with Crippen molar-refractivity contribution in [3.63, 3.8) is 0 Å². The Morgan fingerprint density at radius 2 is 1.90 bits per heavy atom. The second-order valence-corrected chi connectivity index (χ2v) is 5.96. The highest BCUT2D eigenvalue weighted by molar-refractivity contribution is 8.00. The lowest BCUT2D eigenvalue weighted by atomic mass is 10.1. The van der Waals surface area contributed by atoms with Crippen LogP contribution in [-0.2, 0) is 11.2 Å². The van der Waals surface area contributed by atoms with Gasteiger partial charge in [-0.1, -0.05) is 30.0 Å². The van der Waals surface area contributed by atoms with E-state index in [2.05, 4.69) is 15.3 Å². The molecule has 0 aliphatic carbocycles. The first-order chi connectivity index (χ1) is 10.1. The van der Waals surface area contributed by atoms with Gasteiger partial charge < -0.3 is 16.8 Å². The van der Waals surface area contributed by atoms with Gasteiger partial charge in [0.25, 0.3) is 0 Å². The van der Waals surface area contributed by atoms with Crippen LogP contribution in [0.3, 0.4) is 0 Å². The summed E-state index contributed by atoms with van der Waals surface area (Å²) in [6.07, 6.45) is 1.54. The molecular weight excluding hydrogens is 286 g/mol. The van der Waals surface area contributed by atoms with Crippen LogP contribution in [0.15, 0.2) is 35.5 Å². The summed E-state index contributed by atoms with van der Waals surface area (Å²) in [7, 11) is 0. The number of fused-ring (bicyclic) bond motifs is 1. The summed E-state index contributed by atoms with van der Waals surface area (Å²) < 4.78 is 0. The Balaban J connectivity index is 1.79. The monoisotopic (exact) mass is 301 g/mol. The highest BCUT2D eigenvalue weighted by atomic mass is 32.2. The van der Waals surface area contributed by atoms with Crippen molar-refractivity contribution in [1.29, 1.82) is 0 Å². The first-order valence-electron chi connectivity index (χ1n) is 6.57. The maximum Gasteiger partial charge on any atom is 0.237 e. The second-order valence-electron chi connectivity index (χ2n) is 4.79. The normalized spacial score (nSPS) is 17.7. The molecule has 1 aromatic carbocycles. The summed E-state index contributed by atoms with van der Waals surface area (Å²) >= 11 is 1.29. The van der Waals surface area contributed by atoms with E-state index in [-0.39, 0.29) is 11.2 Å². The molecule has 7 heteroatoms. The van der Waals surface area contributed by atoms with Crippen molar-refractivity contribution >= 4 is 35.0 Å². The number of aryl methyl sites for hydroxylation is 1. The van der Waals surface area contributed by atoms with Crippen molar-refractivity contribution in [3.05, 3.63) is 35.9 Å². The van der Waals surface area contributed by atoms with Crippen LogP contribution in [0.5, 0.6) is 0 Å². The van der Waals surface area contributed by atoms with E-state index in [9.17, 15) is 4.79 Å². The average Bonchev–Trinajstić information content (AvgIpc) is 2.58. The van der Waals surface area contributed by atoms with Crippen LogP contribution in [0.2, 0.25) is 0 Å². The number of carbonyl (C=O) groups is 1. The highest BCUT2D eigenvalue weighted by Gasteiger charge is 2.25. The van der Waals surface area contributed by atoms with Crippen LogP contribution in [0, 0.1) is 0 Å². The Bertz CT molecular complexity index is 671. The molecule has 1 aliphatic heterocycles. The molecule has 1 aliphatic rings. The van der Waals surface area contributed by atoms with E-state index in [0.29, 0.717) is 23.2 Å². The number of carbonyl (C=O) groups excluding carboxylic acids is 1. The van der Waals surface area contributed by atoms with Gasteiger partial charge in [0.05, 0.1) is 5.25 Å². The zero-order chi connectivity index (χ0) is 14.8. The molecule has 1 aromatic heterocycles. The summed E-state index contributed by atoms with van der Waals surface area (Å²) in [6.45, 7) is 0. The smallest absolute Gasteiger partial charge is 0.237 e. The maximum atomic E-state index is 12.3. The van der Waals surface area contributed by atoms with Gasteiger partial charge in [-0.05, 0) is 24.5 Å². The standard InChI is InChI=1S/C14H15N5OS/c15-11-7-12(16)19-14(18-11)21-10-6-5-8-3-1-2-4-9(8)17-13(10)20/h1-4,7,10H,5-6H2,(H,17,20)(H4,15,16,18,19)/t10-/m0/s1. The lowest BCUT2D eigenvalue weighted by Gasteiger charge is -2.12. The Labute approximate surface area is 126 Å². The summed E-state index contributed by atoms with van der Waals surface area (Å²) in [5, 5.41) is 3.11. The minimum Gasteiger partial charge on any atom is -0.383 e. The number of thioether (sulfide) groups is 1. The van der Waals surface area contributed by atoms with Crippen molar-refractivity contribution in [3.8, 4) is 0 Å². The number of aromatic nitrogens is 2. The van der Waals surface area contributed by atoms with Gasteiger partial charge in [0, 0.05) is 11.8 Å². The molecule has 1 atom stereocenters. The molecule has 1 amide bonds. The molecule has 0 saturated heterocycles. The Morgan fingerprint density at radius 3 is 2.67 bits per heavy atom. The Morgan fingerprint density at radius 1 is 1.19 bits per heavy atom. The molecule has 21 heavy (non-hydrogen) atoms. The molecule has 0 bridgehead atoms. The van der Waals surface area contributed by atoms with Gasteiger partial charge >= 0.3 is 0 Å². The van der Waals surface area contributed by atoms with Crippen LogP contribution in [0.1, 0.15) is 12.0 Å². The average molecular weight is 301 g/mol. The fourth-order valence-electron chi connectivity index (χ4n) is 2.25. The molecule has 0 spiro atoms. The van der Waals surface area contributed by atoms with Crippen molar-refractivity contribution in [2.45, 2.75) is 23.2 Å². The van der Waals surface area contributed by atoms with E-state index < -0.39 is 0 Å². The van der Waals surface area contributed by atoms with E-state index in [0.717, 1.165) is 17.7 Å². The second kappa shape index (κ2) is 5.61. The number of hydrogen-bond acceptors (Lipinski definition) is 6. The number of para-hydroxylation sites is 1. The van der Waals surface area contributed by atoms with Crippen LogP contribution < -0.4 is 16.8 Å². The highest BCUT2D eigenvalue weighted by Crippen LogP contribution is 2.30. The summed E-state index contributed by atoms with van der Waals surface area (Å²) in [5.74, 6) is 0.569. The van der Waals surface area contributed by atoms with Crippen LogP contribution in [0.4, 0.5) is 17.3 Å². The van der Waals surface area contributed by atoms with Gasteiger partial charge in [-0.3, -0.25) is 4.79 Å². The topological polar surface area (TPSA) is 107 Å². The number of nitrogen functional groups attached to an aromatic ring is 2. The zero-order valence-electron chi connectivity index (χ0n) is 11.2. The number of amides is 1. The maximum absolute atomic E-state index is 12.3. The molecule has 108 valence electrons.